The number of alkyl carbamates (subject to hydrolysis) is 1. The lowest BCUT2D eigenvalue weighted by molar-refractivity contribution is -0.141. The first-order chi connectivity index (χ1) is 15.9. The van der Waals surface area contributed by atoms with E-state index >= 15 is 0 Å². The zero-order valence-electron chi connectivity index (χ0n) is 18.5. The highest BCUT2D eigenvalue weighted by Crippen LogP contribution is 2.50. The summed E-state index contributed by atoms with van der Waals surface area (Å²) in [5.41, 5.74) is 4.73. The van der Waals surface area contributed by atoms with Gasteiger partial charge in [0.1, 0.15) is 12.6 Å². The molecule has 2 saturated carbocycles. The Kier molecular flexibility index (Phi) is 5.56. The Bertz CT molecular complexity index is 1050. The van der Waals surface area contributed by atoms with E-state index < -0.39 is 18.1 Å². The summed E-state index contributed by atoms with van der Waals surface area (Å²) in [5, 5.41) is 14.5. The lowest BCUT2D eigenvalue weighted by Crippen LogP contribution is -2.50. The summed E-state index contributed by atoms with van der Waals surface area (Å²) < 4.78 is 5.65. The van der Waals surface area contributed by atoms with E-state index in [4.69, 9.17) is 9.84 Å². The quantitative estimate of drug-likeness (QED) is 0.627. The molecule has 2 fully saturated rings. The van der Waals surface area contributed by atoms with Gasteiger partial charge in [0.05, 0.1) is 0 Å². The number of amides is 2. The van der Waals surface area contributed by atoms with Crippen LogP contribution in [-0.2, 0) is 14.3 Å². The minimum Gasteiger partial charge on any atom is -0.480 e. The molecule has 3 aliphatic carbocycles. The number of carbonyl (C=O) groups excluding carboxylic acids is 2. The van der Waals surface area contributed by atoms with E-state index in [1.807, 2.05) is 24.3 Å². The number of fused-ring (bicyclic) bond motifs is 4. The fraction of sp³-hybridized carbons (Fsp3) is 0.423. The standard InChI is InChI=1S/C26H28N2O5/c1-14(25(30)31)27-24(29)16-10-15-12-23(21(15)11-16)28-26(32)33-13-22-19-8-4-2-6-17(19)18-7-3-5-9-20(18)22/h2-9,14-16,21-23H,10-13H2,1H3,(H,27,29)(H,28,32)(H,30,31)/t14-,15-,16?,21-,23+/m1/s1. The largest absolute Gasteiger partial charge is 0.480 e. The normalized spacial score (nSPS) is 25.7. The second-order valence-corrected chi connectivity index (χ2v) is 9.47. The molecule has 5 atom stereocenters. The van der Waals surface area contributed by atoms with Crippen molar-refractivity contribution in [1.29, 1.82) is 0 Å². The molecule has 0 aromatic heterocycles. The summed E-state index contributed by atoms with van der Waals surface area (Å²) in [7, 11) is 0. The Hall–Kier alpha value is -3.35. The van der Waals surface area contributed by atoms with E-state index in [0.717, 1.165) is 12.8 Å². The van der Waals surface area contributed by atoms with Crippen molar-refractivity contribution in [3.05, 3.63) is 59.7 Å². The van der Waals surface area contributed by atoms with Crippen LogP contribution in [0.1, 0.15) is 43.2 Å². The highest BCUT2D eigenvalue weighted by atomic mass is 16.5. The maximum absolute atomic E-state index is 12.6. The molecule has 3 N–H and O–H groups in total. The van der Waals surface area contributed by atoms with Gasteiger partial charge in [-0.1, -0.05) is 48.5 Å². The van der Waals surface area contributed by atoms with Crippen LogP contribution in [0, 0.1) is 17.8 Å². The average Bonchev–Trinajstić information content (AvgIpc) is 3.31. The molecule has 2 amide bonds. The van der Waals surface area contributed by atoms with Gasteiger partial charge >= 0.3 is 12.1 Å². The molecular formula is C26H28N2O5. The summed E-state index contributed by atoms with van der Waals surface area (Å²) in [6, 6.07) is 15.6. The van der Waals surface area contributed by atoms with Gasteiger partial charge in [-0.15, -0.1) is 0 Å². The van der Waals surface area contributed by atoms with Crippen LogP contribution in [-0.4, -0.2) is 41.8 Å². The fourth-order valence-corrected chi connectivity index (χ4v) is 5.79. The molecule has 2 aromatic carbocycles. The number of carbonyl (C=O) groups is 3. The highest BCUT2D eigenvalue weighted by molar-refractivity contribution is 5.85. The third kappa shape index (κ3) is 3.96. The minimum atomic E-state index is -1.04. The molecule has 0 bridgehead atoms. The van der Waals surface area contributed by atoms with Crippen LogP contribution in [0.2, 0.25) is 0 Å². The molecule has 7 heteroatoms. The number of ether oxygens (including phenoxy) is 1. The van der Waals surface area contributed by atoms with Gasteiger partial charge in [-0.3, -0.25) is 9.59 Å². The summed E-state index contributed by atoms with van der Waals surface area (Å²) in [4.78, 5) is 35.9. The lowest BCUT2D eigenvalue weighted by atomic mass is 9.71. The van der Waals surface area contributed by atoms with Crippen molar-refractivity contribution in [2.24, 2.45) is 17.8 Å². The summed E-state index contributed by atoms with van der Waals surface area (Å²) >= 11 is 0. The van der Waals surface area contributed by atoms with Crippen LogP contribution in [0.5, 0.6) is 0 Å². The molecule has 2 aromatic rings. The molecule has 3 aliphatic rings. The zero-order chi connectivity index (χ0) is 23.1. The number of benzene rings is 2. The second-order valence-electron chi connectivity index (χ2n) is 9.47. The van der Waals surface area contributed by atoms with E-state index in [9.17, 15) is 14.4 Å². The van der Waals surface area contributed by atoms with Gasteiger partial charge in [0.2, 0.25) is 5.91 Å². The number of carboxylic acid groups (broad SMARTS) is 1. The van der Waals surface area contributed by atoms with Crippen LogP contribution in [0.3, 0.4) is 0 Å². The van der Waals surface area contributed by atoms with Crippen molar-refractivity contribution in [2.45, 2.75) is 44.2 Å². The van der Waals surface area contributed by atoms with Crippen molar-refractivity contribution in [3.8, 4) is 11.1 Å². The molecule has 0 aliphatic heterocycles. The Balaban J connectivity index is 1.14. The number of carboxylic acids is 1. The number of hydrogen-bond acceptors (Lipinski definition) is 4. The molecule has 0 heterocycles. The van der Waals surface area contributed by atoms with Crippen molar-refractivity contribution in [2.75, 3.05) is 6.61 Å². The first-order valence-electron chi connectivity index (χ1n) is 11.6. The Morgan fingerprint density at radius 1 is 1.00 bits per heavy atom. The summed E-state index contributed by atoms with van der Waals surface area (Å²) in [5.74, 6) is -0.802. The fourth-order valence-electron chi connectivity index (χ4n) is 5.79. The van der Waals surface area contributed by atoms with Crippen molar-refractivity contribution in [3.63, 3.8) is 0 Å². The average molecular weight is 449 g/mol. The number of aliphatic carboxylic acids is 1. The highest BCUT2D eigenvalue weighted by Gasteiger charge is 2.50. The SMILES string of the molecule is C[C@@H](NC(=O)C1C[C@@H]2C[C@H](NC(=O)OCC3c4ccccc4-c4ccccc43)[C@@H]2C1)C(=O)O. The molecule has 0 spiro atoms. The van der Waals surface area contributed by atoms with Crippen LogP contribution >= 0.6 is 0 Å². The maximum Gasteiger partial charge on any atom is 0.407 e. The van der Waals surface area contributed by atoms with Gasteiger partial charge < -0.3 is 20.5 Å². The third-order valence-electron chi connectivity index (χ3n) is 7.57. The minimum absolute atomic E-state index is 0.000322. The molecule has 0 saturated heterocycles. The molecule has 5 rings (SSSR count). The Morgan fingerprint density at radius 2 is 1.64 bits per heavy atom. The van der Waals surface area contributed by atoms with Gasteiger partial charge in [0, 0.05) is 17.9 Å². The van der Waals surface area contributed by atoms with E-state index in [2.05, 4.69) is 34.9 Å². The molecule has 0 radical (unpaired) electrons. The van der Waals surface area contributed by atoms with Crippen LogP contribution < -0.4 is 10.6 Å². The molecule has 172 valence electrons. The van der Waals surface area contributed by atoms with Crippen molar-refractivity contribution in [1.82, 2.24) is 10.6 Å². The number of hydrogen-bond donors (Lipinski definition) is 3. The van der Waals surface area contributed by atoms with E-state index in [1.165, 1.54) is 29.2 Å². The third-order valence-corrected chi connectivity index (χ3v) is 7.57. The Morgan fingerprint density at radius 3 is 2.27 bits per heavy atom. The van der Waals surface area contributed by atoms with E-state index in [-0.39, 0.29) is 36.3 Å². The second kappa shape index (κ2) is 8.54. The zero-order valence-corrected chi connectivity index (χ0v) is 18.5. The topological polar surface area (TPSA) is 105 Å². The maximum atomic E-state index is 12.6. The summed E-state index contributed by atoms with van der Waals surface area (Å²) in [6.45, 7) is 1.74. The van der Waals surface area contributed by atoms with E-state index in [1.54, 1.807) is 0 Å². The molecular weight excluding hydrogens is 420 g/mol. The smallest absolute Gasteiger partial charge is 0.407 e. The lowest BCUT2D eigenvalue weighted by Gasteiger charge is -2.40. The predicted molar refractivity (Wildman–Crippen MR) is 122 cm³/mol. The van der Waals surface area contributed by atoms with Gasteiger partial charge in [-0.05, 0) is 60.3 Å². The van der Waals surface area contributed by atoms with Gasteiger partial charge in [-0.2, -0.15) is 0 Å². The van der Waals surface area contributed by atoms with Crippen molar-refractivity contribution >= 4 is 18.0 Å². The first kappa shape index (κ1) is 21.5. The van der Waals surface area contributed by atoms with Gasteiger partial charge in [0.15, 0.2) is 0 Å². The van der Waals surface area contributed by atoms with Gasteiger partial charge in [0.25, 0.3) is 0 Å². The molecule has 7 nitrogen and oxygen atoms in total. The van der Waals surface area contributed by atoms with Crippen molar-refractivity contribution < 1.29 is 24.2 Å². The van der Waals surface area contributed by atoms with Crippen LogP contribution in [0.25, 0.3) is 11.1 Å². The summed E-state index contributed by atoms with van der Waals surface area (Å²) in [6.07, 6.45) is 1.81. The Labute approximate surface area is 192 Å². The number of nitrogens with one attached hydrogen (secondary N) is 2. The van der Waals surface area contributed by atoms with Crippen LogP contribution in [0.4, 0.5) is 4.79 Å². The van der Waals surface area contributed by atoms with E-state index in [0.29, 0.717) is 12.3 Å². The first-order valence-corrected chi connectivity index (χ1v) is 11.6. The monoisotopic (exact) mass is 448 g/mol. The van der Waals surface area contributed by atoms with Gasteiger partial charge in [-0.25, -0.2) is 4.79 Å². The predicted octanol–water partition coefficient (Wildman–Crippen LogP) is 3.53. The molecule has 1 unspecified atom stereocenters. The molecule has 33 heavy (non-hydrogen) atoms. The van der Waals surface area contributed by atoms with Crippen LogP contribution in [0.15, 0.2) is 48.5 Å². The number of rotatable bonds is 6.